The minimum Gasteiger partial charge on any atom is -0.488 e. The van der Waals surface area contributed by atoms with E-state index in [0.717, 1.165) is 25.0 Å². The van der Waals surface area contributed by atoms with E-state index in [1.54, 1.807) is 0 Å². The molecule has 1 aromatic rings. The first-order valence-electron chi connectivity index (χ1n) is 7.45. The Morgan fingerprint density at radius 2 is 2.10 bits per heavy atom. The van der Waals surface area contributed by atoms with Crippen molar-refractivity contribution < 1.29 is 9.53 Å². The summed E-state index contributed by atoms with van der Waals surface area (Å²) in [6.07, 6.45) is 3.60. The van der Waals surface area contributed by atoms with Crippen LogP contribution < -0.4 is 10.1 Å². The minimum absolute atomic E-state index is 0.0824. The van der Waals surface area contributed by atoms with Crippen molar-refractivity contribution >= 4 is 5.91 Å². The molecule has 1 aliphatic rings. The predicted molar refractivity (Wildman–Crippen MR) is 80.9 cm³/mol. The van der Waals surface area contributed by atoms with Crippen molar-refractivity contribution in [2.75, 3.05) is 6.54 Å². The number of para-hydroxylation sites is 1. The molecule has 110 valence electrons. The molecule has 0 saturated heterocycles. The maximum atomic E-state index is 11.8. The third-order valence-corrected chi connectivity index (χ3v) is 3.57. The number of carbonyl (C=O) groups excluding carboxylic acids is 1. The van der Waals surface area contributed by atoms with E-state index >= 15 is 0 Å². The van der Waals surface area contributed by atoms with Crippen molar-refractivity contribution in [3.8, 4) is 5.75 Å². The zero-order chi connectivity index (χ0) is 14.6. The maximum Gasteiger partial charge on any atom is 0.220 e. The quantitative estimate of drug-likeness (QED) is 0.895. The van der Waals surface area contributed by atoms with Crippen molar-refractivity contribution in [1.82, 2.24) is 5.32 Å². The molecule has 0 saturated carbocycles. The Labute approximate surface area is 121 Å². The Morgan fingerprint density at radius 3 is 2.80 bits per heavy atom. The SMILES string of the molecule is CC(C)(C)CCCC(=O)NCC1Cc2ccccc2O1. The fourth-order valence-electron chi connectivity index (χ4n) is 2.46. The minimum atomic E-state index is 0.0824. The first kappa shape index (κ1) is 14.9. The van der Waals surface area contributed by atoms with Gasteiger partial charge in [0, 0.05) is 12.8 Å². The molecule has 20 heavy (non-hydrogen) atoms. The van der Waals surface area contributed by atoms with Gasteiger partial charge in [-0.2, -0.15) is 0 Å². The number of amides is 1. The second-order valence-corrected chi connectivity index (χ2v) is 6.77. The zero-order valence-electron chi connectivity index (χ0n) is 12.7. The third kappa shape index (κ3) is 4.55. The monoisotopic (exact) mass is 275 g/mol. The van der Waals surface area contributed by atoms with Gasteiger partial charge in [0.25, 0.3) is 0 Å². The van der Waals surface area contributed by atoms with Gasteiger partial charge in [-0.25, -0.2) is 0 Å². The number of fused-ring (bicyclic) bond motifs is 1. The Balaban J connectivity index is 1.66. The normalized spacial score (nSPS) is 17.4. The highest BCUT2D eigenvalue weighted by atomic mass is 16.5. The molecule has 2 rings (SSSR count). The summed E-state index contributed by atoms with van der Waals surface area (Å²) in [7, 11) is 0. The number of hydrogen-bond acceptors (Lipinski definition) is 2. The number of benzene rings is 1. The van der Waals surface area contributed by atoms with E-state index in [2.05, 4.69) is 32.2 Å². The number of hydrogen-bond donors (Lipinski definition) is 1. The summed E-state index contributed by atoms with van der Waals surface area (Å²) in [6.45, 7) is 7.21. The Hall–Kier alpha value is -1.51. The lowest BCUT2D eigenvalue weighted by molar-refractivity contribution is -0.121. The van der Waals surface area contributed by atoms with Crippen LogP contribution >= 0.6 is 0 Å². The number of rotatable bonds is 5. The van der Waals surface area contributed by atoms with Crippen LogP contribution in [0.1, 0.15) is 45.6 Å². The predicted octanol–water partition coefficient (Wildman–Crippen LogP) is 3.32. The van der Waals surface area contributed by atoms with Crippen LogP contribution in [-0.2, 0) is 11.2 Å². The largest absolute Gasteiger partial charge is 0.488 e. The highest BCUT2D eigenvalue weighted by molar-refractivity contribution is 5.75. The fourth-order valence-corrected chi connectivity index (χ4v) is 2.46. The van der Waals surface area contributed by atoms with Crippen LogP contribution in [0, 0.1) is 5.41 Å². The highest BCUT2D eigenvalue weighted by Gasteiger charge is 2.22. The molecule has 0 aromatic heterocycles. The average molecular weight is 275 g/mol. The van der Waals surface area contributed by atoms with Gasteiger partial charge in [-0.3, -0.25) is 4.79 Å². The first-order chi connectivity index (χ1) is 9.44. The van der Waals surface area contributed by atoms with Crippen LogP contribution in [0.2, 0.25) is 0 Å². The van der Waals surface area contributed by atoms with E-state index in [1.165, 1.54) is 5.56 Å². The summed E-state index contributed by atoms with van der Waals surface area (Å²) in [4.78, 5) is 11.8. The first-order valence-corrected chi connectivity index (χ1v) is 7.45. The third-order valence-electron chi connectivity index (χ3n) is 3.57. The fraction of sp³-hybridized carbons (Fsp3) is 0.588. The molecule has 1 aromatic carbocycles. The number of nitrogens with one attached hydrogen (secondary N) is 1. The van der Waals surface area contributed by atoms with Gasteiger partial charge in [0.15, 0.2) is 0 Å². The lowest BCUT2D eigenvalue weighted by Crippen LogP contribution is -2.34. The molecule has 1 heterocycles. The van der Waals surface area contributed by atoms with Crippen molar-refractivity contribution in [3.63, 3.8) is 0 Å². The topological polar surface area (TPSA) is 38.3 Å². The maximum absolute atomic E-state index is 11.8. The molecule has 1 atom stereocenters. The molecule has 1 aliphatic heterocycles. The molecule has 1 amide bonds. The van der Waals surface area contributed by atoms with Gasteiger partial charge >= 0.3 is 0 Å². The van der Waals surface area contributed by atoms with Crippen molar-refractivity contribution in [1.29, 1.82) is 0 Å². The van der Waals surface area contributed by atoms with Gasteiger partial charge in [0.1, 0.15) is 11.9 Å². The second-order valence-electron chi connectivity index (χ2n) is 6.77. The van der Waals surface area contributed by atoms with E-state index in [0.29, 0.717) is 18.4 Å². The van der Waals surface area contributed by atoms with Crippen molar-refractivity contribution in [3.05, 3.63) is 29.8 Å². The van der Waals surface area contributed by atoms with E-state index in [4.69, 9.17) is 4.74 Å². The molecule has 3 heteroatoms. The van der Waals surface area contributed by atoms with Crippen molar-refractivity contribution in [2.24, 2.45) is 5.41 Å². The summed E-state index contributed by atoms with van der Waals surface area (Å²) >= 11 is 0. The van der Waals surface area contributed by atoms with E-state index in [-0.39, 0.29) is 12.0 Å². The number of carbonyl (C=O) groups is 1. The molecular weight excluding hydrogens is 250 g/mol. The summed E-state index contributed by atoms with van der Waals surface area (Å²) in [5.74, 6) is 1.09. The van der Waals surface area contributed by atoms with Gasteiger partial charge in [-0.1, -0.05) is 39.0 Å². The Kier molecular flexibility index (Phi) is 4.69. The molecule has 0 fully saturated rings. The van der Waals surface area contributed by atoms with Crippen LogP contribution in [0.5, 0.6) is 5.75 Å². The van der Waals surface area contributed by atoms with Gasteiger partial charge in [0.2, 0.25) is 5.91 Å². The molecule has 0 spiro atoms. The molecule has 1 unspecified atom stereocenters. The van der Waals surface area contributed by atoms with Gasteiger partial charge in [0.05, 0.1) is 6.54 Å². The van der Waals surface area contributed by atoms with Gasteiger partial charge in [-0.15, -0.1) is 0 Å². The molecule has 3 nitrogen and oxygen atoms in total. The van der Waals surface area contributed by atoms with E-state index in [9.17, 15) is 4.79 Å². The van der Waals surface area contributed by atoms with Crippen LogP contribution in [0.4, 0.5) is 0 Å². The average Bonchev–Trinajstić information content (AvgIpc) is 2.77. The standard InChI is InChI=1S/C17H25NO2/c1-17(2,3)10-6-9-16(19)18-12-14-11-13-7-4-5-8-15(13)20-14/h4-5,7-8,14H,6,9-12H2,1-3H3,(H,18,19). The van der Waals surface area contributed by atoms with Crippen LogP contribution in [0.3, 0.4) is 0 Å². The van der Waals surface area contributed by atoms with Gasteiger partial charge < -0.3 is 10.1 Å². The Morgan fingerprint density at radius 1 is 1.35 bits per heavy atom. The number of ether oxygens (including phenoxy) is 1. The van der Waals surface area contributed by atoms with Crippen LogP contribution in [-0.4, -0.2) is 18.6 Å². The molecule has 0 bridgehead atoms. The summed E-state index contributed by atoms with van der Waals surface area (Å²) in [5.41, 5.74) is 1.54. The Bertz CT molecular complexity index is 437. The van der Waals surface area contributed by atoms with Crippen LogP contribution in [0.15, 0.2) is 24.3 Å². The highest BCUT2D eigenvalue weighted by Crippen LogP contribution is 2.27. The van der Waals surface area contributed by atoms with Gasteiger partial charge in [-0.05, 0) is 29.9 Å². The summed E-state index contributed by atoms with van der Waals surface area (Å²) < 4.78 is 5.80. The molecule has 0 radical (unpaired) electrons. The lowest BCUT2D eigenvalue weighted by Gasteiger charge is -2.17. The van der Waals surface area contributed by atoms with E-state index in [1.807, 2.05) is 18.2 Å². The zero-order valence-corrected chi connectivity index (χ0v) is 12.7. The second kappa shape index (κ2) is 6.29. The smallest absolute Gasteiger partial charge is 0.220 e. The van der Waals surface area contributed by atoms with Crippen molar-refractivity contribution in [2.45, 2.75) is 52.6 Å². The molecule has 1 N–H and O–H groups in total. The summed E-state index contributed by atoms with van der Waals surface area (Å²) in [5, 5.41) is 2.98. The van der Waals surface area contributed by atoms with Crippen LogP contribution in [0.25, 0.3) is 0 Å². The lowest BCUT2D eigenvalue weighted by atomic mass is 9.90. The molecular formula is C17H25NO2. The molecule has 0 aliphatic carbocycles. The van der Waals surface area contributed by atoms with E-state index < -0.39 is 0 Å². The summed E-state index contributed by atoms with van der Waals surface area (Å²) in [6, 6.07) is 8.07.